The zero-order valence-electron chi connectivity index (χ0n) is 13.4. The second-order valence-corrected chi connectivity index (χ2v) is 5.69. The van der Waals surface area contributed by atoms with Crippen molar-refractivity contribution in [3.8, 4) is 0 Å². The molecule has 7 heteroatoms. The smallest absolute Gasteiger partial charge is 0.347 e. The van der Waals surface area contributed by atoms with Gasteiger partial charge >= 0.3 is 11.7 Å². The highest BCUT2D eigenvalue weighted by Crippen LogP contribution is 2.19. The van der Waals surface area contributed by atoms with Crippen molar-refractivity contribution < 1.29 is 9.53 Å². The lowest BCUT2D eigenvalue weighted by atomic mass is 10.1. The van der Waals surface area contributed by atoms with Gasteiger partial charge in [-0.2, -0.15) is 5.10 Å². The third-order valence-electron chi connectivity index (χ3n) is 3.94. The molecule has 0 amide bonds. The number of pyridine rings is 2. The maximum Gasteiger partial charge on any atom is 0.347 e. The molecule has 25 heavy (non-hydrogen) atoms. The number of hydrogen-bond donors (Lipinski definition) is 1. The number of H-pyrrole nitrogens is 1. The van der Waals surface area contributed by atoms with Crippen molar-refractivity contribution in [1.29, 1.82) is 0 Å². The number of carbonyl (C=O) groups excluding carboxylic acids is 1. The average molecular weight is 334 g/mol. The van der Waals surface area contributed by atoms with Crippen LogP contribution in [-0.2, 0) is 11.3 Å². The van der Waals surface area contributed by atoms with Gasteiger partial charge in [0.2, 0.25) is 0 Å². The topological polar surface area (TPSA) is 89.3 Å². The van der Waals surface area contributed by atoms with Crippen LogP contribution < -0.4 is 5.69 Å². The molecule has 0 unspecified atom stereocenters. The largest absolute Gasteiger partial charge is 0.457 e. The highest BCUT2D eigenvalue weighted by molar-refractivity contribution is 5.89. The van der Waals surface area contributed by atoms with E-state index >= 15 is 0 Å². The summed E-state index contributed by atoms with van der Waals surface area (Å²) in [5.74, 6) is -0.506. The maximum absolute atomic E-state index is 12.3. The summed E-state index contributed by atoms with van der Waals surface area (Å²) in [5, 5.41) is 7.09. The van der Waals surface area contributed by atoms with E-state index in [1.165, 1.54) is 10.6 Å². The zero-order valence-corrected chi connectivity index (χ0v) is 13.4. The molecule has 0 atom stereocenters. The number of nitrogens with one attached hydrogen (secondary N) is 1. The Bertz CT molecular complexity index is 1160. The van der Waals surface area contributed by atoms with Crippen molar-refractivity contribution in [3.05, 3.63) is 76.0 Å². The molecule has 0 aliphatic heterocycles. The van der Waals surface area contributed by atoms with Crippen LogP contribution in [0.4, 0.5) is 0 Å². The van der Waals surface area contributed by atoms with Gasteiger partial charge < -0.3 is 4.74 Å². The predicted octanol–water partition coefficient (Wildman–Crippen LogP) is 2.24. The molecule has 124 valence electrons. The van der Waals surface area contributed by atoms with Gasteiger partial charge in [0, 0.05) is 22.8 Å². The first-order valence-electron chi connectivity index (χ1n) is 7.71. The summed E-state index contributed by atoms with van der Waals surface area (Å²) in [6, 6.07) is 12.8. The highest BCUT2D eigenvalue weighted by Gasteiger charge is 2.12. The minimum absolute atomic E-state index is 0.126. The van der Waals surface area contributed by atoms with Crippen LogP contribution in [-0.4, -0.2) is 25.6 Å². The third kappa shape index (κ3) is 2.76. The molecule has 1 N–H and O–H groups in total. The van der Waals surface area contributed by atoms with Crippen LogP contribution in [0.25, 0.3) is 16.6 Å². The summed E-state index contributed by atoms with van der Waals surface area (Å²) in [6.07, 6.45) is 1.42. The maximum atomic E-state index is 12.3. The molecule has 0 bridgehead atoms. The number of benzene rings is 1. The van der Waals surface area contributed by atoms with Crippen LogP contribution >= 0.6 is 0 Å². The molecule has 0 spiro atoms. The SMILES string of the molecule is Cc1cc(COC(=O)c2ccc3n[nH]c(=O)n3c2)c2ccccc2n1. The number of ether oxygens (including phenoxy) is 1. The first kappa shape index (κ1) is 15.1. The Labute approximate surface area is 141 Å². The van der Waals surface area contributed by atoms with E-state index in [4.69, 9.17) is 4.74 Å². The quantitative estimate of drug-likeness (QED) is 0.580. The highest BCUT2D eigenvalue weighted by atomic mass is 16.5. The summed E-state index contributed by atoms with van der Waals surface area (Å²) in [5.41, 5.74) is 2.93. The molecule has 0 saturated carbocycles. The van der Waals surface area contributed by atoms with Crippen LogP contribution in [0.15, 0.2) is 53.5 Å². The lowest BCUT2D eigenvalue weighted by molar-refractivity contribution is 0.0473. The van der Waals surface area contributed by atoms with Crippen LogP contribution in [0.3, 0.4) is 0 Å². The van der Waals surface area contributed by atoms with Crippen molar-refractivity contribution in [3.63, 3.8) is 0 Å². The summed E-state index contributed by atoms with van der Waals surface area (Å²) in [6.45, 7) is 2.03. The van der Waals surface area contributed by atoms with E-state index in [1.54, 1.807) is 12.1 Å². The number of esters is 1. The van der Waals surface area contributed by atoms with E-state index in [0.717, 1.165) is 22.2 Å². The van der Waals surface area contributed by atoms with E-state index in [0.29, 0.717) is 5.65 Å². The minimum Gasteiger partial charge on any atom is -0.457 e. The first-order chi connectivity index (χ1) is 12.1. The van der Waals surface area contributed by atoms with Gasteiger partial charge in [0.1, 0.15) is 6.61 Å². The molecule has 4 rings (SSSR count). The van der Waals surface area contributed by atoms with Crippen molar-refractivity contribution in [2.24, 2.45) is 0 Å². The number of aryl methyl sites for hydroxylation is 1. The monoisotopic (exact) mass is 334 g/mol. The van der Waals surface area contributed by atoms with Crippen LogP contribution in [0.1, 0.15) is 21.6 Å². The fraction of sp³-hybridized carbons (Fsp3) is 0.111. The van der Waals surface area contributed by atoms with Gasteiger partial charge in [0.05, 0.1) is 11.1 Å². The third-order valence-corrected chi connectivity index (χ3v) is 3.94. The van der Waals surface area contributed by atoms with Crippen LogP contribution in [0, 0.1) is 6.92 Å². The molecule has 7 nitrogen and oxygen atoms in total. The summed E-state index contributed by atoms with van der Waals surface area (Å²) >= 11 is 0. The van der Waals surface area contributed by atoms with Crippen molar-refractivity contribution >= 4 is 22.5 Å². The number of rotatable bonds is 3. The Morgan fingerprint density at radius 1 is 1.24 bits per heavy atom. The van der Waals surface area contributed by atoms with Crippen LogP contribution in [0.2, 0.25) is 0 Å². The molecule has 0 aliphatic carbocycles. The molecule has 3 heterocycles. The van der Waals surface area contributed by atoms with Gasteiger partial charge in [-0.3, -0.25) is 4.98 Å². The van der Waals surface area contributed by atoms with E-state index in [-0.39, 0.29) is 12.2 Å². The fourth-order valence-corrected chi connectivity index (χ4v) is 2.77. The van der Waals surface area contributed by atoms with Gasteiger partial charge in [-0.15, -0.1) is 0 Å². The van der Waals surface area contributed by atoms with Crippen molar-refractivity contribution in [2.75, 3.05) is 0 Å². The Kier molecular flexibility index (Phi) is 3.53. The molecule has 0 aliphatic rings. The molecular formula is C18H14N4O3. The molecule has 4 aromatic rings. The lowest BCUT2D eigenvalue weighted by Crippen LogP contribution is -2.12. The van der Waals surface area contributed by atoms with Gasteiger partial charge in [-0.05, 0) is 31.2 Å². The summed E-state index contributed by atoms with van der Waals surface area (Å²) in [4.78, 5) is 28.4. The van der Waals surface area contributed by atoms with E-state index in [1.807, 2.05) is 37.3 Å². The standard InChI is InChI=1S/C18H14N4O3/c1-11-8-13(14-4-2-3-5-15(14)19-11)10-25-17(23)12-6-7-16-20-21-18(24)22(16)9-12/h2-9H,10H2,1H3,(H,21,24). The normalized spacial score (nSPS) is 11.1. The number of hydrogen-bond acceptors (Lipinski definition) is 5. The Balaban J connectivity index is 1.61. The number of aromatic nitrogens is 4. The van der Waals surface area contributed by atoms with Crippen molar-refractivity contribution in [1.82, 2.24) is 19.6 Å². The van der Waals surface area contributed by atoms with Gasteiger partial charge in [-0.25, -0.2) is 19.1 Å². The van der Waals surface area contributed by atoms with Gasteiger partial charge in [0.15, 0.2) is 5.65 Å². The fourth-order valence-electron chi connectivity index (χ4n) is 2.77. The van der Waals surface area contributed by atoms with Crippen LogP contribution in [0.5, 0.6) is 0 Å². The second-order valence-electron chi connectivity index (χ2n) is 5.69. The zero-order chi connectivity index (χ0) is 17.4. The van der Waals surface area contributed by atoms with E-state index in [2.05, 4.69) is 15.2 Å². The van der Waals surface area contributed by atoms with Gasteiger partial charge in [0.25, 0.3) is 0 Å². The molecule has 0 saturated heterocycles. The summed E-state index contributed by atoms with van der Waals surface area (Å²) < 4.78 is 6.70. The molecule has 3 aromatic heterocycles. The minimum atomic E-state index is -0.506. The second kappa shape index (κ2) is 5.86. The van der Waals surface area contributed by atoms with E-state index < -0.39 is 11.7 Å². The number of carbonyl (C=O) groups is 1. The van der Waals surface area contributed by atoms with Gasteiger partial charge in [-0.1, -0.05) is 18.2 Å². The molecular weight excluding hydrogens is 320 g/mol. The first-order valence-corrected chi connectivity index (χ1v) is 7.71. The van der Waals surface area contributed by atoms with E-state index in [9.17, 15) is 9.59 Å². The molecule has 0 fully saturated rings. The Morgan fingerprint density at radius 2 is 2.08 bits per heavy atom. The lowest BCUT2D eigenvalue weighted by Gasteiger charge is -2.09. The molecule has 1 aromatic carbocycles. The van der Waals surface area contributed by atoms with Crippen molar-refractivity contribution in [2.45, 2.75) is 13.5 Å². The Morgan fingerprint density at radius 3 is 2.96 bits per heavy atom. The summed E-state index contributed by atoms with van der Waals surface area (Å²) in [7, 11) is 0. The Hall–Kier alpha value is -3.48. The number of nitrogens with zero attached hydrogens (tertiary/aromatic N) is 3. The molecule has 0 radical (unpaired) electrons. The average Bonchev–Trinajstić information content (AvgIpc) is 2.99. The number of para-hydroxylation sites is 1. The predicted molar refractivity (Wildman–Crippen MR) is 91.4 cm³/mol. The number of fused-ring (bicyclic) bond motifs is 2. The number of aromatic amines is 1.